The van der Waals surface area contributed by atoms with Crippen LogP contribution >= 0.6 is 0 Å². The summed E-state index contributed by atoms with van der Waals surface area (Å²) in [6.07, 6.45) is -3.66. The molecule has 1 aromatic carbocycles. The fourth-order valence-electron chi connectivity index (χ4n) is 2.75. The maximum absolute atomic E-state index is 12.6. The van der Waals surface area contributed by atoms with Gasteiger partial charge in [-0.15, -0.1) is 0 Å². The van der Waals surface area contributed by atoms with Crippen molar-refractivity contribution in [2.75, 3.05) is 19.8 Å². The zero-order chi connectivity index (χ0) is 20.0. The number of halogens is 3. The molecule has 1 amide bonds. The summed E-state index contributed by atoms with van der Waals surface area (Å²) in [6, 6.07) is 4.25. The molecule has 0 radical (unpaired) electrons. The number of carbonyl (C=O) groups excluding carboxylic acids is 1. The van der Waals surface area contributed by atoms with Crippen LogP contribution in [0.4, 0.5) is 13.2 Å². The maximum atomic E-state index is 12.6. The predicted molar refractivity (Wildman–Crippen MR) is 88.9 cm³/mol. The van der Waals surface area contributed by atoms with Gasteiger partial charge in [0.05, 0.1) is 18.3 Å². The third-order valence-electron chi connectivity index (χ3n) is 4.20. The van der Waals surface area contributed by atoms with Gasteiger partial charge in [0.1, 0.15) is 12.6 Å². The van der Waals surface area contributed by atoms with E-state index < -0.39 is 36.3 Å². The van der Waals surface area contributed by atoms with Crippen LogP contribution in [0.25, 0.3) is 0 Å². The van der Waals surface area contributed by atoms with Crippen molar-refractivity contribution < 1.29 is 37.3 Å². The van der Waals surface area contributed by atoms with E-state index in [1.807, 2.05) is 0 Å². The largest absolute Gasteiger partial charge is 0.480 e. The normalized spacial score (nSPS) is 18.3. The van der Waals surface area contributed by atoms with Crippen molar-refractivity contribution in [1.29, 1.82) is 0 Å². The van der Waals surface area contributed by atoms with Gasteiger partial charge in [-0.3, -0.25) is 9.59 Å². The van der Waals surface area contributed by atoms with E-state index in [0.717, 1.165) is 29.9 Å². The van der Waals surface area contributed by atoms with Crippen molar-refractivity contribution in [2.24, 2.45) is 0 Å². The average molecular weight is 389 g/mol. The number of alkyl halides is 3. The standard InChI is InChI=1S/C18H22F3NO5/c1-12(27-11-15-3-2-8-26-15)17(25)22(10-16(23)24)9-13-4-6-14(7-5-13)18(19,20)21/h4-7,12,15H,2-3,8-11H2,1H3,(H,23,24). The predicted octanol–water partition coefficient (Wildman–Crippen LogP) is 2.70. The van der Waals surface area contributed by atoms with Crippen LogP contribution in [0, 0.1) is 0 Å². The second-order valence-corrected chi connectivity index (χ2v) is 6.39. The molecule has 150 valence electrons. The molecule has 1 aliphatic heterocycles. The van der Waals surface area contributed by atoms with Gasteiger partial charge in [0, 0.05) is 13.2 Å². The Balaban J connectivity index is 2.00. The first kappa shape index (κ1) is 21.2. The first-order valence-corrected chi connectivity index (χ1v) is 8.56. The van der Waals surface area contributed by atoms with E-state index in [-0.39, 0.29) is 19.3 Å². The number of amides is 1. The van der Waals surface area contributed by atoms with Gasteiger partial charge in [-0.1, -0.05) is 12.1 Å². The number of ether oxygens (including phenoxy) is 2. The van der Waals surface area contributed by atoms with Crippen molar-refractivity contribution >= 4 is 11.9 Å². The molecule has 1 aliphatic rings. The Bertz CT molecular complexity index is 641. The van der Waals surface area contributed by atoms with Gasteiger partial charge < -0.3 is 19.5 Å². The molecule has 27 heavy (non-hydrogen) atoms. The number of benzene rings is 1. The van der Waals surface area contributed by atoms with Crippen molar-refractivity contribution in [1.82, 2.24) is 4.90 Å². The topological polar surface area (TPSA) is 76.1 Å². The molecular formula is C18H22F3NO5. The molecule has 1 N–H and O–H groups in total. The number of rotatable bonds is 8. The summed E-state index contributed by atoms with van der Waals surface area (Å²) in [5.74, 6) is -1.77. The molecule has 1 aromatic rings. The summed E-state index contributed by atoms with van der Waals surface area (Å²) in [5, 5.41) is 9.04. The minimum atomic E-state index is -4.46. The highest BCUT2D eigenvalue weighted by atomic mass is 19.4. The van der Waals surface area contributed by atoms with Gasteiger partial charge in [0.2, 0.25) is 0 Å². The van der Waals surface area contributed by atoms with Crippen LogP contribution in [0.3, 0.4) is 0 Å². The van der Waals surface area contributed by atoms with Crippen LogP contribution in [-0.4, -0.2) is 53.8 Å². The van der Waals surface area contributed by atoms with Crippen molar-refractivity contribution in [2.45, 2.75) is 44.7 Å². The third-order valence-corrected chi connectivity index (χ3v) is 4.20. The van der Waals surface area contributed by atoms with Gasteiger partial charge in [-0.25, -0.2) is 0 Å². The molecule has 2 atom stereocenters. The fourth-order valence-corrected chi connectivity index (χ4v) is 2.75. The quantitative estimate of drug-likeness (QED) is 0.740. The molecule has 0 aromatic heterocycles. The van der Waals surface area contributed by atoms with Crippen LogP contribution in [0.1, 0.15) is 30.9 Å². The third kappa shape index (κ3) is 6.51. The highest BCUT2D eigenvalue weighted by Crippen LogP contribution is 2.29. The second kappa shape index (κ2) is 9.18. The summed E-state index contributed by atoms with van der Waals surface area (Å²) >= 11 is 0. The molecular weight excluding hydrogens is 367 g/mol. The lowest BCUT2D eigenvalue weighted by molar-refractivity contribution is -0.152. The Morgan fingerprint density at radius 1 is 1.33 bits per heavy atom. The number of nitrogens with zero attached hydrogens (tertiary/aromatic N) is 1. The lowest BCUT2D eigenvalue weighted by Gasteiger charge is -2.25. The van der Waals surface area contributed by atoms with E-state index >= 15 is 0 Å². The highest BCUT2D eigenvalue weighted by molar-refractivity contribution is 5.84. The first-order chi connectivity index (χ1) is 12.7. The zero-order valence-electron chi connectivity index (χ0n) is 14.9. The van der Waals surface area contributed by atoms with E-state index in [4.69, 9.17) is 14.6 Å². The number of hydrogen-bond acceptors (Lipinski definition) is 4. The van der Waals surface area contributed by atoms with Crippen molar-refractivity contribution in [3.8, 4) is 0 Å². The number of carboxylic acid groups (broad SMARTS) is 1. The Morgan fingerprint density at radius 3 is 2.52 bits per heavy atom. The summed E-state index contributed by atoms with van der Waals surface area (Å²) in [5.41, 5.74) is -0.417. The molecule has 0 bridgehead atoms. The van der Waals surface area contributed by atoms with Crippen molar-refractivity contribution in [3.05, 3.63) is 35.4 Å². The van der Waals surface area contributed by atoms with Gasteiger partial charge in [0.25, 0.3) is 5.91 Å². The van der Waals surface area contributed by atoms with E-state index in [0.29, 0.717) is 12.2 Å². The maximum Gasteiger partial charge on any atom is 0.416 e. The summed E-state index contributed by atoms with van der Waals surface area (Å²) in [6.45, 7) is 1.69. The number of carbonyl (C=O) groups is 2. The molecule has 2 rings (SSSR count). The molecule has 1 saturated heterocycles. The lowest BCUT2D eigenvalue weighted by atomic mass is 10.1. The van der Waals surface area contributed by atoms with Gasteiger partial charge in [-0.05, 0) is 37.5 Å². The number of hydrogen-bond donors (Lipinski definition) is 1. The number of aliphatic carboxylic acids is 1. The minimum Gasteiger partial charge on any atom is -0.480 e. The van der Waals surface area contributed by atoms with E-state index in [9.17, 15) is 22.8 Å². The van der Waals surface area contributed by atoms with E-state index in [1.54, 1.807) is 0 Å². The van der Waals surface area contributed by atoms with Gasteiger partial charge in [-0.2, -0.15) is 13.2 Å². The van der Waals surface area contributed by atoms with Crippen LogP contribution in [-0.2, 0) is 31.8 Å². The van der Waals surface area contributed by atoms with Gasteiger partial charge in [0.15, 0.2) is 0 Å². The Kier molecular flexibility index (Phi) is 7.20. The smallest absolute Gasteiger partial charge is 0.416 e. The Labute approximate surface area is 154 Å². The minimum absolute atomic E-state index is 0.0805. The van der Waals surface area contributed by atoms with Gasteiger partial charge >= 0.3 is 12.1 Å². The zero-order valence-corrected chi connectivity index (χ0v) is 14.9. The second-order valence-electron chi connectivity index (χ2n) is 6.39. The lowest BCUT2D eigenvalue weighted by Crippen LogP contribution is -2.42. The highest BCUT2D eigenvalue weighted by Gasteiger charge is 2.30. The molecule has 0 spiro atoms. The molecule has 2 unspecified atom stereocenters. The van der Waals surface area contributed by atoms with E-state index in [1.165, 1.54) is 19.1 Å². The molecule has 0 aliphatic carbocycles. The number of carboxylic acids is 1. The van der Waals surface area contributed by atoms with Crippen LogP contribution in [0.15, 0.2) is 24.3 Å². The summed E-state index contributed by atoms with van der Waals surface area (Å²) < 4.78 is 48.8. The first-order valence-electron chi connectivity index (χ1n) is 8.56. The molecule has 1 fully saturated rings. The van der Waals surface area contributed by atoms with E-state index in [2.05, 4.69) is 0 Å². The Hall–Kier alpha value is -2.13. The Morgan fingerprint density at radius 2 is 2.00 bits per heavy atom. The average Bonchev–Trinajstić information content (AvgIpc) is 3.11. The molecule has 0 saturated carbocycles. The molecule has 9 heteroatoms. The van der Waals surface area contributed by atoms with Crippen LogP contribution < -0.4 is 0 Å². The van der Waals surface area contributed by atoms with Crippen molar-refractivity contribution in [3.63, 3.8) is 0 Å². The van der Waals surface area contributed by atoms with Crippen LogP contribution in [0.5, 0.6) is 0 Å². The SMILES string of the molecule is CC(OCC1CCCO1)C(=O)N(CC(=O)O)Cc1ccc(C(F)(F)F)cc1. The summed E-state index contributed by atoms with van der Waals surface area (Å²) in [4.78, 5) is 24.7. The molecule has 6 nitrogen and oxygen atoms in total. The molecule has 1 heterocycles. The summed E-state index contributed by atoms with van der Waals surface area (Å²) in [7, 11) is 0. The van der Waals surface area contributed by atoms with Crippen LogP contribution in [0.2, 0.25) is 0 Å². The monoisotopic (exact) mass is 389 g/mol. The fraction of sp³-hybridized carbons (Fsp3) is 0.556.